The summed E-state index contributed by atoms with van der Waals surface area (Å²) in [4.78, 5) is 13.9. The van der Waals surface area contributed by atoms with Gasteiger partial charge in [-0.2, -0.15) is 0 Å². The first-order valence-corrected chi connectivity index (χ1v) is 8.33. The van der Waals surface area contributed by atoms with Crippen LogP contribution in [0.3, 0.4) is 0 Å². The Kier molecular flexibility index (Phi) is 3.28. The molecule has 2 atom stereocenters. The molecule has 0 aromatic heterocycles. The molecule has 6 heteroatoms. The smallest absolute Gasteiger partial charge is 0.410 e. The van der Waals surface area contributed by atoms with E-state index >= 15 is 0 Å². The standard InChI is InChI=1S/C15H17NO4S/c1-10-3-6-12(7-4-10)21(18,19)14-9-11-5-8-13(14)16(11)15(17)20-2/h3-4,6-7,9,11,13H,5,8H2,1-2H3/t11-,13+/m1/s1. The third kappa shape index (κ3) is 2.14. The largest absolute Gasteiger partial charge is 0.453 e. The monoisotopic (exact) mass is 307 g/mol. The number of nitrogens with zero attached hydrogens (tertiary/aromatic N) is 1. The lowest BCUT2D eigenvalue weighted by Crippen LogP contribution is -2.37. The number of rotatable bonds is 2. The summed E-state index contributed by atoms with van der Waals surface area (Å²) in [5, 5.41) is 0. The highest BCUT2D eigenvalue weighted by Gasteiger charge is 2.48. The lowest BCUT2D eigenvalue weighted by atomic mass is 10.1. The van der Waals surface area contributed by atoms with Gasteiger partial charge < -0.3 is 4.74 Å². The summed E-state index contributed by atoms with van der Waals surface area (Å²) in [6.07, 6.45) is 2.68. The van der Waals surface area contributed by atoms with Crippen molar-refractivity contribution in [3.63, 3.8) is 0 Å². The van der Waals surface area contributed by atoms with Gasteiger partial charge in [0.1, 0.15) is 0 Å². The maximum atomic E-state index is 12.7. The number of benzene rings is 1. The predicted octanol–water partition coefficient (Wildman–Crippen LogP) is 2.27. The van der Waals surface area contributed by atoms with E-state index in [1.807, 2.05) is 6.92 Å². The number of fused-ring (bicyclic) bond motifs is 2. The van der Waals surface area contributed by atoms with Crippen LogP contribution in [0.25, 0.3) is 0 Å². The average molecular weight is 307 g/mol. The van der Waals surface area contributed by atoms with Crippen LogP contribution in [-0.4, -0.2) is 38.6 Å². The van der Waals surface area contributed by atoms with Crippen molar-refractivity contribution >= 4 is 15.9 Å². The summed E-state index contributed by atoms with van der Waals surface area (Å²) >= 11 is 0. The highest BCUT2D eigenvalue weighted by molar-refractivity contribution is 7.95. The van der Waals surface area contributed by atoms with Crippen molar-refractivity contribution < 1.29 is 17.9 Å². The Morgan fingerprint density at radius 1 is 1.24 bits per heavy atom. The van der Waals surface area contributed by atoms with E-state index in [2.05, 4.69) is 0 Å². The fourth-order valence-corrected chi connectivity index (χ4v) is 4.76. The summed E-state index contributed by atoms with van der Waals surface area (Å²) in [6, 6.07) is 6.21. The molecule has 1 amide bonds. The summed E-state index contributed by atoms with van der Waals surface area (Å²) in [5.41, 5.74) is 1.01. The first-order chi connectivity index (χ1) is 9.95. The van der Waals surface area contributed by atoms with Crippen LogP contribution in [0.2, 0.25) is 0 Å². The number of carbonyl (C=O) groups is 1. The molecule has 0 spiro atoms. The maximum absolute atomic E-state index is 12.7. The lowest BCUT2D eigenvalue weighted by Gasteiger charge is -2.22. The Morgan fingerprint density at radius 3 is 2.52 bits per heavy atom. The molecule has 0 radical (unpaired) electrons. The van der Waals surface area contributed by atoms with E-state index in [-0.39, 0.29) is 10.9 Å². The molecule has 1 aromatic rings. The zero-order valence-electron chi connectivity index (χ0n) is 11.9. The van der Waals surface area contributed by atoms with Gasteiger partial charge in [0.25, 0.3) is 0 Å². The van der Waals surface area contributed by atoms with Crippen molar-refractivity contribution in [3.8, 4) is 0 Å². The van der Waals surface area contributed by atoms with Gasteiger partial charge in [0.05, 0.1) is 29.0 Å². The van der Waals surface area contributed by atoms with Crippen LogP contribution in [0.1, 0.15) is 18.4 Å². The quantitative estimate of drug-likeness (QED) is 0.841. The van der Waals surface area contributed by atoms with Gasteiger partial charge in [-0.05, 0) is 38.0 Å². The van der Waals surface area contributed by atoms with E-state index in [0.717, 1.165) is 12.0 Å². The average Bonchev–Trinajstić information content (AvgIpc) is 3.05. The SMILES string of the molecule is COC(=O)N1[C@H]2C=C(S(=O)(=O)c3ccc(C)cc3)[C@@H]1CC2. The van der Waals surface area contributed by atoms with Gasteiger partial charge >= 0.3 is 6.09 Å². The van der Waals surface area contributed by atoms with Gasteiger partial charge in [0, 0.05) is 0 Å². The highest BCUT2D eigenvalue weighted by Crippen LogP contribution is 2.41. The minimum atomic E-state index is -3.55. The van der Waals surface area contributed by atoms with Gasteiger partial charge in [-0.15, -0.1) is 0 Å². The normalized spacial score (nSPS) is 24.1. The number of carbonyl (C=O) groups excluding carboxylic acids is 1. The fraction of sp³-hybridized carbons (Fsp3) is 0.400. The second-order valence-corrected chi connectivity index (χ2v) is 7.37. The minimum absolute atomic E-state index is 0.169. The van der Waals surface area contributed by atoms with E-state index in [4.69, 9.17) is 4.74 Å². The summed E-state index contributed by atoms with van der Waals surface area (Å²) in [5.74, 6) is 0. The molecule has 1 fully saturated rings. The predicted molar refractivity (Wildman–Crippen MR) is 77.5 cm³/mol. The van der Waals surface area contributed by atoms with E-state index in [1.54, 1.807) is 30.3 Å². The molecule has 2 bridgehead atoms. The van der Waals surface area contributed by atoms with Gasteiger partial charge in [0.2, 0.25) is 9.84 Å². The molecule has 0 N–H and O–H groups in total. The molecule has 2 aliphatic rings. The molecule has 2 heterocycles. The van der Waals surface area contributed by atoms with Crippen molar-refractivity contribution in [1.82, 2.24) is 4.90 Å². The van der Waals surface area contributed by atoms with Crippen LogP contribution in [0.15, 0.2) is 40.1 Å². The Morgan fingerprint density at radius 2 is 1.90 bits per heavy atom. The molecular formula is C15H17NO4S. The van der Waals surface area contributed by atoms with Crippen LogP contribution >= 0.6 is 0 Å². The van der Waals surface area contributed by atoms with Crippen molar-refractivity contribution in [2.75, 3.05) is 7.11 Å². The number of hydrogen-bond donors (Lipinski definition) is 0. The molecule has 3 rings (SSSR count). The van der Waals surface area contributed by atoms with E-state index in [9.17, 15) is 13.2 Å². The molecule has 0 aliphatic carbocycles. The maximum Gasteiger partial charge on any atom is 0.410 e. The zero-order valence-corrected chi connectivity index (χ0v) is 12.8. The van der Waals surface area contributed by atoms with E-state index in [1.165, 1.54) is 12.0 Å². The van der Waals surface area contributed by atoms with Crippen molar-refractivity contribution in [2.45, 2.75) is 36.7 Å². The summed E-state index contributed by atoms with van der Waals surface area (Å²) in [6.45, 7) is 1.91. The number of sulfone groups is 1. The second kappa shape index (κ2) is 4.87. The third-order valence-corrected chi connectivity index (χ3v) is 6.06. The zero-order chi connectivity index (χ0) is 15.2. The molecule has 112 valence electrons. The minimum Gasteiger partial charge on any atom is -0.453 e. The molecular weight excluding hydrogens is 290 g/mol. The van der Waals surface area contributed by atoms with Crippen molar-refractivity contribution in [2.24, 2.45) is 0 Å². The Bertz CT molecular complexity index is 706. The fourth-order valence-electron chi connectivity index (χ4n) is 3.07. The van der Waals surface area contributed by atoms with E-state index < -0.39 is 22.0 Å². The number of aryl methyl sites for hydroxylation is 1. The van der Waals surface area contributed by atoms with Crippen LogP contribution in [0, 0.1) is 6.92 Å². The molecule has 0 unspecified atom stereocenters. The molecule has 1 saturated heterocycles. The molecule has 5 nitrogen and oxygen atoms in total. The van der Waals surface area contributed by atoms with Gasteiger partial charge in [-0.3, -0.25) is 4.90 Å². The Balaban J connectivity index is 1.97. The second-order valence-electron chi connectivity index (χ2n) is 5.42. The van der Waals surface area contributed by atoms with Gasteiger partial charge in [0.15, 0.2) is 0 Å². The van der Waals surface area contributed by atoms with Crippen LogP contribution < -0.4 is 0 Å². The third-order valence-electron chi connectivity index (χ3n) is 4.14. The first-order valence-electron chi connectivity index (χ1n) is 6.85. The number of methoxy groups -OCH3 is 1. The van der Waals surface area contributed by atoms with Crippen molar-refractivity contribution in [1.29, 1.82) is 0 Å². The van der Waals surface area contributed by atoms with Crippen LogP contribution in [-0.2, 0) is 14.6 Å². The number of amides is 1. The van der Waals surface area contributed by atoms with Crippen molar-refractivity contribution in [3.05, 3.63) is 40.8 Å². The molecule has 1 aromatic carbocycles. The molecule has 21 heavy (non-hydrogen) atoms. The number of hydrogen-bond acceptors (Lipinski definition) is 4. The lowest BCUT2D eigenvalue weighted by molar-refractivity contribution is 0.120. The summed E-state index contributed by atoms with van der Waals surface area (Å²) < 4.78 is 30.2. The first kappa shape index (κ1) is 14.1. The van der Waals surface area contributed by atoms with E-state index in [0.29, 0.717) is 11.3 Å². The number of ether oxygens (including phenoxy) is 1. The summed E-state index contributed by atoms with van der Waals surface area (Å²) in [7, 11) is -2.24. The highest BCUT2D eigenvalue weighted by atomic mass is 32.2. The van der Waals surface area contributed by atoms with Gasteiger partial charge in [-0.1, -0.05) is 17.7 Å². The molecule has 2 aliphatic heterocycles. The van der Waals surface area contributed by atoms with Crippen LogP contribution in [0.4, 0.5) is 4.79 Å². The Labute approximate surface area is 124 Å². The van der Waals surface area contributed by atoms with Crippen LogP contribution in [0.5, 0.6) is 0 Å². The Hall–Kier alpha value is -1.82. The molecule has 0 saturated carbocycles. The van der Waals surface area contributed by atoms with Gasteiger partial charge in [-0.25, -0.2) is 13.2 Å². The topological polar surface area (TPSA) is 63.7 Å².